The Kier molecular flexibility index (Phi) is 4.31. The van der Waals surface area contributed by atoms with E-state index in [0.717, 1.165) is 12.0 Å². The van der Waals surface area contributed by atoms with Gasteiger partial charge in [-0.05, 0) is 24.0 Å². The lowest BCUT2D eigenvalue weighted by molar-refractivity contribution is -0.137. The summed E-state index contributed by atoms with van der Waals surface area (Å²) in [6.07, 6.45) is 1.58. The molecule has 1 aromatic carbocycles. The minimum atomic E-state index is -0.794. The molecule has 0 saturated carbocycles. The molecule has 0 aliphatic rings. The van der Waals surface area contributed by atoms with Gasteiger partial charge in [0.25, 0.3) is 0 Å². The molecule has 0 spiro atoms. The van der Waals surface area contributed by atoms with Crippen molar-refractivity contribution in [1.82, 2.24) is 0 Å². The van der Waals surface area contributed by atoms with Crippen LogP contribution in [0.15, 0.2) is 24.3 Å². The molecule has 0 fully saturated rings. The maximum Gasteiger partial charge on any atom is 0.303 e. The number of rotatable bonds is 5. The highest BCUT2D eigenvalue weighted by Crippen LogP contribution is 2.17. The first-order chi connectivity index (χ1) is 7.13. The van der Waals surface area contributed by atoms with Gasteiger partial charge in [0.1, 0.15) is 0 Å². The Labute approximate surface area is 89.9 Å². The fourth-order valence-corrected chi connectivity index (χ4v) is 1.49. The van der Waals surface area contributed by atoms with Crippen LogP contribution < -0.4 is 5.73 Å². The van der Waals surface area contributed by atoms with E-state index >= 15 is 0 Å². The maximum atomic E-state index is 10.4. The monoisotopic (exact) mass is 207 g/mol. The van der Waals surface area contributed by atoms with Gasteiger partial charge < -0.3 is 10.8 Å². The van der Waals surface area contributed by atoms with Gasteiger partial charge in [-0.1, -0.05) is 31.2 Å². The lowest BCUT2D eigenvalue weighted by atomic mass is 10.00. The molecular weight excluding hydrogens is 190 g/mol. The topological polar surface area (TPSA) is 63.3 Å². The van der Waals surface area contributed by atoms with Crippen molar-refractivity contribution >= 4 is 5.97 Å². The van der Waals surface area contributed by atoms with Gasteiger partial charge in [0, 0.05) is 12.5 Å². The summed E-state index contributed by atoms with van der Waals surface area (Å²) in [4.78, 5) is 10.4. The van der Waals surface area contributed by atoms with Crippen molar-refractivity contribution in [3.63, 3.8) is 0 Å². The summed E-state index contributed by atoms with van der Waals surface area (Å²) in [7, 11) is 0. The van der Waals surface area contributed by atoms with E-state index in [-0.39, 0.29) is 12.5 Å². The summed E-state index contributed by atoms with van der Waals surface area (Å²) in [5.74, 6) is -0.794. The summed E-state index contributed by atoms with van der Waals surface area (Å²) in [5, 5.41) is 8.55. The predicted octanol–water partition coefficient (Wildman–Crippen LogP) is 2.11. The van der Waals surface area contributed by atoms with Crippen LogP contribution in [0.5, 0.6) is 0 Å². The molecule has 3 N–H and O–H groups in total. The smallest absolute Gasteiger partial charge is 0.303 e. The summed E-state index contributed by atoms with van der Waals surface area (Å²) in [5.41, 5.74) is 8.16. The molecule has 1 atom stereocenters. The van der Waals surface area contributed by atoms with E-state index in [9.17, 15) is 4.79 Å². The first-order valence-corrected chi connectivity index (χ1v) is 5.19. The molecule has 3 nitrogen and oxygen atoms in total. The standard InChI is InChI=1S/C12H17NO2/c1-2-9-4-3-5-10(8-9)11(13)6-7-12(14)15/h3-5,8,11H,2,6-7,13H2,1H3,(H,14,15)/t11-/m1/s1. The number of hydrogen-bond acceptors (Lipinski definition) is 2. The Morgan fingerprint density at radius 1 is 1.53 bits per heavy atom. The highest BCUT2D eigenvalue weighted by Gasteiger charge is 2.08. The molecule has 0 aromatic heterocycles. The predicted molar refractivity (Wildman–Crippen MR) is 59.6 cm³/mol. The summed E-state index contributed by atoms with van der Waals surface area (Å²) >= 11 is 0. The molecule has 15 heavy (non-hydrogen) atoms. The van der Waals surface area contributed by atoms with Gasteiger partial charge in [-0.3, -0.25) is 4.79 Å². The normalized spacial score (nSPS) is 12.4. The van der Waals surface area contributed by atoms with Gasteiger partial charge >= 0.3 is 5.97 Å². The van der Waals surface area contributed by atoms with Crippen LogP contribution in [0.3, 0.4) is 0 Å². The molecule has 0 radical (unpaired) electrons. The summed E-state index contributed by atoms with van der Waals surface area (Å²) < 4.78 is 0. The number of carboxylic acid groups (broad SMARTS) is 1. The number of aliphatic carboxylic acids is 1. The molecule has 3 heteroatoms. The second-order valence-electron chi connectivity index (χ2n) is 3.64. The lowest BCUT2D eigenvalue weighted by Gasteiger charge is -2.11. The number of hydrogen-bond donors (Lipinski definition) is 2. The van der Waals surface area contributed by atoms with E-state index in [1.54, 1.807) is 0 Å². The van der Waals surface area contributed by atoms with Crippen LogP contribution >= 0.6 is 0 Å². The van der Waals surface area contributed by atoms with Gasteiger partial charge in [0.2, 0.25) is 0 Å². The zero-order chi connectivity index (χ0) is 11.3. The van der Waals surface area contributed by atoms with E-state index in [4.69, 9.17) is 10.8 Å². The van der Waals surface area contributed by atoms with Crippen molar-refractivity contribution in [1.29, 1.82) is 0 Å². The third-order valence-electron chi connectivity index (χ3n) is 2.46. The van der Waals surface area contributed by atoms with E-state index in [1.165, 1.54) is 5.56 Å². The van der Waals surface area contributed by atoms with Crippen molar-refractivity contribution < 1.29 is 9.90 Å². The molecule has 1 rings (SSSR count). The molecular formula is C12H17NO2. The molecule has 0 saturated heterocycles. The molecule has 0 aliphatic heterocycles. The van der Waals surface area contributed by atoms with Gasteiger partial charge in [-0.15, -0.1) is 0 Å². The minimum absolute atomic E-state index is 0.123. The Hall–Kier alpha value is -1.35. The Morgan fingerprint density at radius 3 is 2.87 bits per heavy atom. The van der Waals surface area contributed by atoms with Crippen LogP contribution in [0.25, 0.3) is 0 Å². The maximum absolute atomic E-state index is 10.4. The van der Waals surface area contributed by atoms with Crippen molar-refractivity contribution in [3.8, 4) is 0 Å². The highest BCUT2D eigenvalue weighted by atomic mass is 16.4. The Balaban J connectivity index is 2.64. The highest BCUT2D eigenvalue weighted by molar-refractivity contribution is 5.66. The average molecular weight is 207 g/mol. The quantitative estimate of drug-likeness (QED) is 0.777. The third-order valence-corrected chi connectivity index (χ3v) is 2.46. The minimum Gasteiger partial charge on any atom is -0.481 e. The van der Waals surface area contributed by atoms with Crippen molar-refractivity contribution in [2.75, 3.05) is 0 Å². The average Bonchev–Trinajstić information content (AvgIpc) is 2.26. The van der Waals surface area contributed by atoms with Crippen molar-refractivity contribution in [2.24, 2.45) is 5.73 Å². The Morgan fingerprint density at radius 2 is 2.27 bits per heavy atom. The number of aryl methyl sites for hydroxylation is 1. The van der Waals surface area contributed by atoms with Crippen LogP contribution in [0.2, 0.25) is 0 Å². The summed E-state index contributed by atoms with van der Waals surface area (Å²) in [6.45, 7) is 2.09. The van der Waals surface area contributed by atoms with Gasteiger partial charge in [-0.25, -0.2) is 0 Å². The van der Waals surface area contributed by atoms with Crippen LogP contribution in [0, 0.1) is 0 Å². The fourth-order valence-electron chi connectivity index (χ4n) is 1.49. The van der Waals surface area contributed by atoms with Crippen LogP contribution in [-0.2, 0) is 11.2 Å². The third kappa shape index (κ3) is 3.72. The first-order valence-electron chi connectivity index (χ1n) is 5.19. The lowest BCUT2D eigenvalue weighted by Crippen LogP contribution is -2.12. The molecule has 82 valence electrons. The van der Waals surface area contributed by atoms with Gasteiger partial charge in [0.05, 0.1) is 0 Å². The first kappa shape index (κ1) is 11.7. The van der Waals surface area contributed by atoms with E-state index in [0.29, 0.717) is 6.42 Å². The molecule has 0 unspecified atom stereocenters. The van der Waals surface area contributed by atoms with Gasteiger partial charge in [0.15, 0.2) is 0 Å². The number of carbonyl (C=O) groups is 1. The largest absolute Gasteiger partial charge is 0.481 e. The molecule has 0 bridgehead atoms. The molecule has 0 heterocycles. The number of nitrogens with two attached hydrogens (primary N) is 1. The fraction of sp³-hybridized carbons (Fsp3) is 0.417. The van der Waals surface area contributed by atoms with Crippen molar-refractivity contribution in [3.05, 3.63) is 35.4 Å². The number of benzene rings is 1. The Bertz CT molecular complexity index is 336. The van der Waals surface area contributed by atoms with Crippen LogP contribution in [-0.4, -0.2) is 11.1 Å². The zero-order valence-electron chi connectivity index (χ0n) is 8.94. The summed E-state index contributed by atoms with van der Waals surface area (Å²) in [6, 6.07) is 7.84. The SMILES string of the molecule is CCc1cccc([C@H](N)CCC(=O)O)c1. The zero-order valence-corrected chi connectivity index (χ0v) is 8.94. The second kappa shape index (κ2) is 5.51. The van der Waals surface area contributed by atoms with Crippen LogP contribution in [0.4, 0.5) is 0 Å². The van der Waals surface area contributed by atoms with E-state index < -0.39 is 5.97 Å². The van der Waals surface area contributed by atoms with Crippen molar-refractivity contribution in [2.45, 2.75) is 32.2 Å². The van der Waals surface area contributed by atoms with Crippen LogP contribution in [0.1, 0.15) is 36.9 Å². The molecule has 0 amide bonds. The molecule has 0 aliphatic carbocycles. The van der Waals surface area contributed by atoms with E-state index in [1.807, 2.05) is 24.3 Å². The number of carboxylic acids is 1. The second-order valence-corrected chi connectivity index (χ2v) is 3.64. The van der Waals surface area contributed by atoms with Gasteiger partial charge in [-0.2, -0.15) is 0 Å². The van der Waals surface area contributed by atoms with E-state index in [2.05, 4.69) is 6.92 Å². The molecule has 1 aromatic rings.